The summed E-state index contributed by atoms with van der Waals surface area (Å²) in [4.78, 5) is 32.9. The molecule has 1 fully saturated rings. The highest BCUT2D eigenvalue weighted by molar-refractivity contribution is 5.97. The maximum absolute atomic E-state index is 13.4. The predicted octanol–water partition coefficient (Wildman–Crippen LogP) is 3.21. The highest BCUT2D eigenvalue weighted by Gasteiger charge is 2.32. The molecule has 0 unspecified atom stereocenters. The van der Waals surface area contributed by atoms with Crippen molar-refractivity contribution in [1.82, 2.24) is 14.5 Å². The summed E-state index contributed by atoms with van der Waals surface area (Å²) in [6.07, 6.45) is 4.96. The summed E-state index contributed by atoms with van der Waals surface area (Å²) < 4.78 is 13.8. The van der Waals surface area contributed by atoms with Crippen molar-refractivity contribution in [1.29, 1.82) is 0 Å². The van der Waals surface area contributed by atoms with Crippen LogP contribution in [0.15, 0.2) is 47.5 Å². The van der Waals surface area contributed by atoms with E-state index in [2.05, 4.69) is 17.1 Å². The van der Waals surface area contributed by atoms with Gasteiger partial charge in [0.25, 0.3) is 5.91 Å². The van der Waals surface area contributed by atoms with E-state index < -0.39 is 5.60 Å². The van der Waals surface area contributed by atoms with Crippen molar-refractivity contribution in [2.24, 2.45) is 0 Å². The average Bonchev–Trinajstić information content (AvgIpc) is 3.21. The molecule has 7 nitrogen and oxygen atoms in total. The fraction of sp³-hybridized carbons (Fsp3) is 0.423. The van der Waals surface area contributed by atoms with E-state index in [-0.39, 0.29) is 23.0 Å². The Morgan fingerprint density at radius 2 is 1.97 bits per heavy atom. The van der Waals surface area contributed by atoms with Crippen LogP contribution in [-0.2, 0) is 24.1 Å². The van der Waals surface area contributed by atoms with Crippen molar-refractivity contribution in [2.45, 2.75) is 51.9 Å². The number of carbonyl (C=O) groups excluding carboxylic acids is 1. The highest BCUT2D eigenvalue weighted by Crippen LogP contribution is 2.26. The Kier molecular flexibility index (Phi) is 5.44. The molecule has 172 valence electrons. The number of fused-ring (bicyclic) bond motifs is 2. The molecule has 2 aromatic heterocycles. The number of ether oxygens (including phenoxy) is 2. The zero-order valence-electron chi connectivity index (χ0n) is 19.3. The van der Waals surface area contributed by atoms with Crippen LogP contribution >= 0.6 is 0 Å². The average molecular weight is 448 g/mol. The van der Waals surface area contributed by atoms with Crippen LogP contribution in [-0.4, -0.2) is 51.8 Å². The molecule has 5 rings (SSSR count). The Labute approximate surface area is 192 Å². The van der Waals surface area contributed by atoms with E-state index in [0.717, 1.165) is 12.8 Å². The zero-order valence-corrected chi connectivity index (χ0v) is 19.3. The van der Waals surface area contributed by atoms with E-state index in [0.29, 0.717) is 43.0 Å². The SMILES string of the molecule is CCn1cc(C(=O)N2CCOC(C)(C)C2)c(=O)c2cc(OC3Cc4ccccc4C3)ncc21. The summed E-state index contributed by atoms with van der Waals surface area (Å²) in [5.41, 5.74) is 2.73. The summed E-state index contributed by atoms with van der Waals surface area (Å²) in [5.74, 6) is 0.156. The second kappa shape index (κ2) is 8.30. The fourth-order valence-corrected chi connectivity index (χ4v) is 4.88. The number of benzene rings is 1. The maximum Gasteiger partial charge on any atom is 0.259 e. The maximum atomic E-state index is 13.4. The van der Waals surface area contributed by atoms with Crippen LogP contribution in [0.1, 0.15) is 42.3 Å². The Balaban J connectivity index is 1.47. The molecule has 33 heavy (non-hydrogen) atoms. The topological polar surface area (TPSA) is 73.7 Å². The Bertz CT molecular complexity index is 1260. The van der Waals surface area contributed by atoms with Gasteiger partial charge in [-0.2, -0.15) is 0 Å². The number of aryl methyl sites for hydroxylation is 1. The first-order valence-electron chi connectivity index (χ1n) is 11.5. The van der Waals surface area contributed by atoms with Crippen molar-refractivity contribution in [3.8, 4) is 5.88 Å². The van der Waals surface area contributed by atoms with Gasteiger partial charge in [0.15, 0.2) is 0 Å². The van der Waals surface area contributed by atoms with E-state index in [4.69, 9.17) is 9.47 Å². The lowest BCUT2D eigenvalue weighted by Gasteiger charge is -2.38. The van der Waals surface area contributed by atoms with Crippen LogP contribution in [0.2, 0.25) is 0 Å². The van der Waals surface area contributed by atoms with E-state index >= 15 is 0 Å². The lowest BCUT2D eigenvalue weighted by molar-refractivity contribution is -0.0764. The van der Waals surface area contributed by atoms with Gasteiger partial charge >= 0.3 is 0 Å². The number of pyridine rings is 2. The van der Waals surface area contributed by atoms with Crippen molar-refractivity contribution in [3.05, 3.63) is 69.6 Å². The molecule has 0 atom stereocenters. The van der Waals surface area contributed by atoms with Gasteiger partial charge in [-0.25, -0.2) is 4.98 Å². The van der Waals surface area contributed by atoms with Crippen molar-refractivity contribution < 1.29 is 14.3 Å². The number of nitrogens with zero attached hydrogens (tertiary/aromatic N) is 3. The van der Waals surface area contributed by atoms with Crippen LogP contribution in [0.4, 0.5) is 0 Å². The van der Waals surface area contributed by atoms with Crippen molar-refractivity contribution in [3.63, 3.8) is 0 Å². The van der Waals surface area contributed by atoms with Gasteiger partial charge in [-0.05, 0) is 31.9 Å². The molecule has 1 aliphatic carbocycles. The monoisotopic (exact) mass is 447 g/mol. The van der Waals surface area contributed by atoms with Gasteiger partial charge in [-0.3, -0.25) is 9.59 Å². The van der Waals surface area contributed by atoms with Crippen LogP contribution in [0, 0.1) is 0 Å². The van der Waals surface area contributed by atoms with E-state index in [1.165, 1.54) is 11.1 Å². The molecule has 2 aliphatic rings. The van der Waals surface area contributed by atoms with Gasteiger partial charge in [0, 0.05) is 44.7 Å². The molecular weight excluding hydrogens is 418 g/mol. The molecule has 1 saturated heterocycles. The Hall–Kier alpha value is -3.19. The molecule has 1 amide bonds. The summed E-state index contributed by atoms with van der Waals surface area (Å²) in [6.45, 7) is 7.88. The van der Waals surface area contributed by atoms with Crippen molar-refractivity contribution >= 4 is 16.8 Å². The molecule has 0 radical (unpaired) electrons. The number of amides is 1. The number of aromatic nitrogens is 2. The molecule has 0 N–H and O–H groups in total. The smallest absolute Gasteiger partial charge is 0.259 e. The summed E-state index contributed by atoms with van der Waals surface area (Å²) in [5, 5.41) is 0.454. The second-order valence-corrected chi connectivity index (χ2v) is 9.45. The van der Waals surface area contributed by atoms with Crippen LogP contribution in [0.5, 0.6) is 5.88 Å². The van der Waals surface area contributed by atoms with Crippen molar-refractivity contribution in [2.75, 3.05) is 19.7 Å². The minimum Gasteiger partial charge on any atom is -0.474 e. The van der Waals surface area contributed by atoms with Gasteiger partial charge in [-0.1, -0.05) is 24.3 Å². The molecule has 3 heterocycles. The third-order valence-corrected chi connectivity index (χ3v) is 6.53. The first-order valence-corrected chi connectivity index (χ1v) is 11.5. The lowest BCUT2D eigenvalue weighted by Crippen LogP contribution is -2.51. The summed E-state index contributed by atoms with van der Waals surface area (Å²) in [7, 11) is 0. The molecule has 0 spiro atoms. The number of hydrogen-bond donors (Lipinski definition) is 0. The minimum atomic E-state index is -0.432. The molecule has 7 heteroatoms. The van der Waals surface area contributed by atoms with Crippen LogP contribution in [0.3, 0.4) is 0 Å². The van der Waals surface area contributed by atoms with E-state index in [1.54, 1.807) is 23.4 Å². The minimum absolute atomic E-state index is 0.0128. The quantitative estimate of drug-likeness (QED) is 0.614. The summed E-state index contributed by atoms with van der Waals surface area (Å²) in [6, 6.07) is 10.0. The van der Waals surface area contributed by atoms with E-state index in [9.17, 15) is 9.59 Å². The molecular formula is C26H29N3O4. The Morgan fingerprint density at radius 3 is 2.64 bits per heavy atom. The largest absolute Gasteiger partial charge is 0.474 e. The Morgan fingerprint density at radius 1 is 1.24 bits per heavy atom. The third kappa shape index (κ3) is 4.13. The predicted molar refractivity (Wildman–Crippen MR) is 126 cm³/mol. The highest BCUT2D eigenvalue weighted by atomic mass is 16.5. The van der Waals surface area contributed by atoms with Gasteiger partial charge in [0.2, 0.25) is 11.3 Å². The lowest BCUT2D eigenvalue weighted by atomic mass is 10.1. The van der Waals surface area contributed by atoms with Crippen LogP contribution < -0.4 is 10.2 Å². The van der Waals surface area contributed by atoms with E-state index in [1.807, 2.05) is 37.5 Å². The first-order chi connectivity index (χ1) is 15.8. The fourth-order valence-electron chi connectivity index (χ4n) is 4.88. The number of carbonyl (C=O) groups is 1. The number of hydrogen-bond acceptors (Lipinski definition) is 5. The normalized spacial score (nSPS) is 17.8. The number of morpholine rings is 1. The van der Waals surface area contributed by atoms with Gasteiger partial charge in [0.1, 0.15) is 11.7 Å². The second-order valence-electron chi connectivity index (χ2n) is 9.45. The van der Waals surface area contributed by atoms with Gasteiger partial charge in [-0.15, -0.1) is 0 Å². The standard InChI is InChI=1S/C26H29N3O4/c1-4-28-15-21(25(31)29-9-10-32-26(2,3)16-29)24(30)20-13-23(27-14-22(20)28)33-19-11-17-7-5-6-8-18(17)12-19/h5-8,13-15,19H,4,9-12,16H2,1-3H3. The third-order valence-electron chi connectivity index (χ3n) is 6.53. The summed E-state index contributed by atoms with van der Waals surface area (Å²) >= 11 is 0. The van der Waals surface area contributed by atoms with Gasteiger partial charge < -0.3 is 18.9 Å². The molecule has 0 bridgehead atoms. The van der Waals surface area contributed by atoms with Crippen LogP contribution in [0.25, 0.3) is 10.9 Å². The first kappa shape index (κ1) is 21.6. The van der Waals surface area contributed by atoms with Gasteiger partial charge in [0.05, 0.1) is 29.3 Å². The molecule has 1 aliphatic heterocycles. The molecule has 0 saturated carbocycles. The molecule has 3 aromatic rings. The zero-order chi connectivity index (χ0) is 23.2. The molecule has 1 aromatic carbocycles. The number of rotatable bonds is 4.